The van der Waals surface area contributed by atoms with Crippen LogP contribution in [0.1, 0.15) is 77.7 Å². The fraction of sp³-hybridized carbons (Fsp3) is 0.750. The highest BCUT2D eigenvalue weighted by atomic mass is 16.3. The van der Waals surface area contributed by atoms with Crippen LogP contribution < -0.4 is 15.9 Å². The first-order chi connectivity index (χ1) is 13.6. The van der Waals surface area contributed by atoms with Crippen molar-refractivity contribution >= 4 is 12.2 Å². The average molecular weight is 390 g/mol. The molecule has 1 aromatic heterocycles. The summed E-state index contributed by atoms with van der Waals surface area (Å²) in [5.41, 5.74) is 0.789. The Morgan fingerprint density at radius 3 is 2.39 bits per heavy atom. The Kier molecular flexibility index (Phi) is 9.26. The molecule has 2 aliphatic rings. The molecular formula is C24H43N3O. The van der Waals surface area contributed by atoms with Gasteiger partial charge in [0.1, 0.15) is 0 Å². The van der Waals surface area contributed by atoms with Crippen molar-refractivity contribution in [1.82, 2.24) is 14.8 Å². The van der Waals surface area contributed by atoms with Crippen LogP contribution in [0.3, 0.4) is 0 Å². The Bertz CT molecular complexity index is 694. The van der Waals surface area contributed by atoms with E-state index in [4.69, 9.17) is 0 Å². The Labute approximate surface area is 172 Å². The summed E-state index contributed by atoms with van der Waals surface area (Å²) in [7, 11) is 2.14. The van der Waals surface area contributed by atoms with Gasteiger partial charge in [-0.1, -0.05) is 52.2 Å². The zero-order valence-corrected chi connectivity index (χ0v) is 18.9. The summed E-state index contributed by atoms with van der Waals surface area (Å²) < 4.78 is 2.24. The van der Waals surface area contributed by atoms with Gasteiger partial charge in [0.05, 0.1) is 5.60 Å². The number of hydrogen-bond acceptors (Lipinski definition) is 3. The lowest BCUT2D eigenvalue weighted by Crippen LogP contribution is -2.50. The van der Waals surface area contributed by atoms with Gasteiger partial charge in [0.15, 0.2) is 0 Å². The van der Waals surface area contributed by atoms with E-state index in [9.17, 15) is 5.11 Å². The third kappa shape index (κ3) is 5.28. The first-order valence-corrected chi connectivity index (χ1v) is 11.6. The van der Waals surface area contributed by atoms with Crippen LogP contribution in [0.15, 0.2) is 6.20 Å². The normalized spacial score (nSPS) is 22.6. The Morgan fingerprint density at radius 1 is 1.18 bits per heavy atom. The maximum Gasteiger partial charge on any atom is 0.0729 e. The van der Waals surface area contributed by atoms with Gasteiger partial charge in [-0.25, -0.2) is 0 Å². The number of hydrogen-bond donors (Lipinski definition) is 2. The first kappa shape index (κ1) is 23.2. The maximum absolute atomic E-state index is 11.7. The molecule has 1 aromatic rings. The molecule has 160 valence electrons. The molecule has 1 saturated heterocycles. The molecule has 1 atom stereocenters. The Hall–Kier alpha value is -1.10. The molecular weight excluding hydrogens is 346 g/mol. The van der Waals surface area contributed by atoms with Crippen LogP contribution in [0, 0.1) is 0 Å². The first-order valence-electron chi connectivity index (χ1n) is 11.6. The number of nitrogens with zero attached hydrogens (tertiary/aromatic N) is 2. The number of nitrogens with one attached hydrogen (secondary N) is 1. The second-order valence-electron chi connectivity index (χ2n) is 8.16. The third-order valence-corrected chi connectivity index (χ3v) is 6.38. The van der Waals surface area contributed by atoms with Gasteiger partial charge in [-0.3, -0.25) is 0 Å². The van der Waals surface area contributed by atoms with E-state index in [0.717, 1.165) is 64.8 Å². The van der Waals surface area contributed by atoms with Crippen LogP contribution >= 0.6 is 0 Å². The predicted octanol–water partition coefficient (Wildman–Crippen LogP) is 2.73. The van der Waals surface area contributed by atoms with E-state index in [1.807, 2.05) is 13.8 Å². The van der Waals surface area contributed by atoms with E-state index in [2.05, 4.69) is 54.0 Å². The van der Waals surface area contributed by atoms with Gasteiger partial charge < -0.3 is 19.9 Å². The lowest BCUT2D eigenvalue weighted by molar-refractivity contribution is -0.0318. The molecule has 0 spiro atoms. The van der Waals surface area contributed by atoms with Crippen molar-refractivity contribution < 1.29 is 5.11 Å². The fourth-order valence-electron chi connectivity index (χ4n) is 4.97. The van der Waals surface area contributed by atoms with Crippen molar-refractivity contribution in [3.63, 3.8) is 0 Å². The molecule has 0 bridgehead atoms. The summed E-state index contributed by atoms with van der Waals surface area (Å²) in [5.74, 6) is 0.193. The molecule has 1 aliphatic carbocycles. The number of aliphatic hydroxyl groups is 1. The molecule has 1 aliphatic heterocycles. The molecule has 2 N–H and O–H groups in total. The minimum absolute atomic E-state index is 0.193. The second-order valence-corrected chi connectivity index (χ2v) is 8.16. The quantitative estimate of drug-likeness (QED) is 0.813. The van der Waals surface area contributed by atoms with Gasteiger partial charge in [0, 0.05) is 57.2 Å². The summed E-state index contributed by atoms with van der Waals surface area (Å²) in [5, 5.41) is 17.8. The number of aromatic nitrogens is 1. The van der Waals surface area contributed by atoms with Crippen molar-refractivity contribution in [1.29, 1.82) is 0 Å². The minimum atomic E-state index is -0.564. The molecule has 2 fully saturated rings. The van der Waals surface area contributed by atoms with Crippen LogP contribution in [-0.4, -0.2) is 52.9 Å². The largest absolute Gasteiger partial charge is 0.389 e. The third-order valence-electron chi connectivity index (χ3n) is 6.38. The van der Waals surface area contributed by atoms with E-state index < -0.39 is 5.60 Å². The summed E-state index contributed by atoms with van der Waals surface area (Å²) in [6.07, 6.45) is 13.3. The van der Waals surface area contributed by atoms with Crippen LogP contribution in [-0.2, 0) is 7.05 Å². The average Bonchev–Trinajstić information content (AvgIpc) is 3.04. The Balaban J connectivity index is 0.00000136. The fourth-order valence-corrected chi connectivity index (χ4v) is 4.97. The second kappa shape index (κ2) is 11.2. The van der Waals surface area contributed by atoms with Crippen molar-refractivity contribution in [2.45, 2.75) is 77.7 Å². The molecule has 0 radical (unpaired) electrons. The highest BCUT2D eigenvalue weighted by Gasteiger charge is 2.40. The molecule has 4 heteroatoms. The van der Waals surface area contributed by atoms with Crippen molar-refractivity contribution in [3.8, 4) is 0 Å². The van der Waals surface area contributed by atoms with Gasteiger partial charge >= 0.3 is 0 Å². The van der Waals surface area contributed by atoms with Crippen LogP contribution in [0.25, 0.3) is 12.2 Å². The number of piperazine rings is 1. The molecule has 1 unspecified atom stereocenters. The lowest BCUT2D eigenvalue weighted by atomic mass is 9.72. The van der Waals surface area contributed by atoms with Gasteiger partial charge in [0.2, 0.25) is 0 Å². The van der Waals surface area contributed by atoms with Crippen LogP contribution in [0.2, 0.25) is 0 Å². The van der Waals surface area contributed by atoms with Gasteiger partial charge in [-0.05, 0) is 37.0 Å². The summed E-state index contributed by atoms with van der Waals surface area (Å²) in [6, 6.07) is 0. The van der Waals surface area contributed by atoms with Crippen molar-refractivity contribution in [2.24, 2.45) is 7.05 Å². The van der Waals surface area contributed by atoms with E-state index >= 15 is 0 Å². The maximum atomic E-state index is 11.7. The number of rotatable bonds is 5. The summed E-state index contributed by atoms with van der Waals surface area (Å²) >= 11 is 0. The minimum Gasteiger partial charge on any atom is -0.389 e. The van der Waals surface area contributed by atoms with E-state index in [1.54, 1.807) is 0 Å². The zero-order chi connectivity index (χ0) is 20.6. The molecule has 3 rings (SSSR count). The molecule has 1 saturated carbocycles. The van der Waals surface area contributed by atoms with Gasteiger partial charge in [-0.15, -0.1) is 0 Å². The predicted molar refractivity (Wildman–Crippen MR) is 121 cm³/mol. The lowest BCUT2D eigenvalue weighted by Gasteiger charge is -2.42. The smallest absolute Gasteiger partial charge is 0.0729 e. The van der Waals surface area contributed by atoms with Crippen LogP contribution in [0.4, 0.5) is 0 Å². The molecule has 2 heterocycles. The van der Waals surface area contributed by atoms with Gasteiger partial charge in [0.25, 0.3) is 0 Å². The van der Waals surface area contributed by atoms with E-state index in [1.165, 1.54) is 22.6 Å². The topological polar surface area (TPSA) is 40.4 Å². The monoisotopic (exact) mass is 389 g/mol. The molecule has 0 aromatic carbocycles. The van der Waals surface area contributed by atoms with E-state index in [-0.39, 0.29) is 5.92 Å². The Morgan fingerprint density at radius 2 is 1.82 bits per heavy atom. The van der Waals surface area contributed by atoms with E-state index in [0.29, 0.717) is 0 Å². The SMILES string of the molecule is C/C=c1\c(=C/CC)c(C(CN2CCNCC2)C2(O)CCCCC2)cn1C.CC. The highest BCUT2D eigenvalue weighted by Crippen LogP contribution is 2.39. The molecule has 28 heavy (non-hydrogen) atoms. The number of aryl methyl sites for hydroxylation is 1. The zero-order valence-electron chi connectivity index (χ0n) is 18.9. The summed E-state index contributed by atoms with van der Waals surface area (Å²) in [4.78, 5) is 2.55. The standard InChI is InChI=1S/C22H37N3O.C2H6/c1-4-9-18-19(16-24(3)21(18)5-2)20(17-25-14-12-23-13-15-25)22(26)10-7-6-8-11-22;1-2/h5,9,16,20,23,26H,4,6-8,10-15,17H2,1-3H3;1-2H3/b18-9-,21-5+;. The highest BCUT2D eigenvalue weighted by molar-refractivity contribution is 5.37. The molecule has 0 amide bonds. The molecule has 4 nitrogen and oxygen atoms in total. The van der Waals surface area contributed by atoms with Crippen molar-refractivity contribution in [3.05, 3.63) is 22.3 Å². The van der Waals surface area contributed by atoms with Crippen LogP contribution in [0.5, 0.6) is 0 Å². The van der Waals surface area contributed by atoms with Gasteiger partial charge in [-0.2, -0.15) is 0 Å². The van der Waals surface area contributed by atoms with Crippen molar-refractivity contribution in [2.75, 3.05) is 32.7 Å². The summed E-state index contributed by atoms with van der Waals surface area (Å²) in [6.45, 7) is 13.6.